The maximum absolute atomic E-state index is 14.0. The number of amides is 1. The highest BCUT2D eigenvalue weighted by molar-refractivity contribution is 6.79. The fourth-order valence-electron chi connectivity index (χ4n) is 6.87. The van der Waals surface area contributed by atoms with Gasteiger partial charge in [0.25, 0.3) is 0 Å². The summed E-state index contributed by atoms with van der Waals surface area (Å²) in [4.78, 5) is 41.9. The molecule has 2 atom stereocenters. The van der Waals surface area contributed by atoms with Crippen LogP contribution in [-0.2, 0) is 19.1 Å². The molecule has 1 N–H and O–H groups in total. The van der Waals surface area contributed by atoms with Crippen molar-refractivity contribution in [2.75, 3.05) is 20.2 Å². The van der Waals surface area contributed by atoms with E-state index in [-0.39, 0.29) is 43.2 Å². The molecule has 2 unspecified atom stereocenters. The molecule has 0 aromatic heterocycles. The quantitative estimate of drug-likeness (QED) is 0.0665. The molecular weight excluding hydrogens is 582 g/mol. The Hall–Kier alpha value is -2.39. The van der Waals surface area contributed by atoms with E-state index in [1.165, 1.54) is 25.7 Å². The first-order chi connectivity index (χ1) is 20.8. The highest BCUT2D eigenvalue weighted by atomic mass is 28.3. The van der Waals surface area contributed by atoms with Crippen molar-refractivity contribution < 1.29 is 24.2 Å². The topological polar surface area (TPSA) is 131 Å². The van der Waals surface area contributed by atoms with Crippen LogP contribution in [0.2, 0.25) is 24.7 Å². The zero-order chi connectivity index (χ0) is 35.1. The third kappa shape index (κ3) is 12.4. The minimum absolute atomic E-state index is 0.000309. The van der Waals surface area contributed by atoms with Crippen molar-refractivity contribution in [1.82, 2.24) is 4.90 Å². The van der Waals surface area contributed by atoms with Crippen molar-refractivity contribution in [2.24, 2.45) is 22.2 Å². The van der Waals surface area contributed by atoms with Crippen LogP contribution >= 0.6 is 0 Å². The van der Waals surface area contributed by atoms with Crippen molar-refractivity contribution in [3.63, 3.8) is 0 Å². The van der Waals surface area contributed by atoms with Crippen LogP contribution < -0.4 is 0 Å². The molecule has 0 spiro atoms. The normalized spacial score (nSPS) is 14.5. The average Bonchev–Trinajstić information content (AvgIpc) is 2.97. The van der Waals surface area contributed by atoms with E-state index in [0.717, 1.165) is 25.7 Å². The van der Waals surface area contributed by atoms with E-state index in [1.54, 1.807) is 32.6 Å². The second kappa shape index (κ2) is 18.7. The summed E-state index contributed by atoms with van der Waals surface area (Å²) in [6.07, 6.45) is 9.33. The molecule has 0 bridgehead atoms. The number of nitrogens with zero attached hydrogens (tertiary/aromatic N) is 3. The highest BCUT2D eigenvalue weighted by Crippen LogP contribution is 2.51. The minimum atomic E-state index is -1.59. The molecule has 0 heterocycles. The Kier molecular flexibility index (Phi) is 17.7. The second-order valence-corrected chi connectivity index (χ2v) is 21.0. The fourth-order valence-corrected chi connectivity index (χ4v) is 9.59. The number of carbonyl (C=O) groups is 3. The lowest BCUT2D eigenvalue weighted by molar-refractivity contribution is -0.158. The molecule has 0 aliphatic rings. The summed E-state index contributed by atoms with van der Waals surface area (Å²) in [7, 11) is 0.231. The van der Waals surface area contributed by atoms with E-state index in [2.05, 4.69) is 45.6 Å². The first-order valence-corrected chi connectivity index (χ1v) is 20.8. The van der Waals surface area contributed by atoms with Crippen molar-refractivity contribution in [1.29, 1.82) is 10.5 Å². The van der Waals surface area contributed by atoms with Gasteiger partial charge in [0.2, 0.25) is 5.91 Å². The van der Waals surface area contributed by atoms with Crippen LogP contribution in [0.3, 0.4) is 0 Å². The van der Waals surface area contributed by atoms with Gasteiger partial charge in [0, 0.05) is 19.0 Å². The zero-order valence-electron chi connectivity index (χ0n) is 30.6. The summed E-state index contributed by atoms with van der Waals surface area (Å²) in [5, 5.41) is 30.3. The molecule has 0 saturated heterocycles. The number of aliphatic carboxylic acids is 1. The summed E-state index contributed by atoms with van der Waals surface area (Å²) in [6, 6.07) is 4.10. The minimum Gasteiger partial charge on any atom is -0.481 e. The van der Waals surface area contributed by atoms with Crippen LogP contribution in [0.1, 0.15) is 132 Å². The Labute approximate surface area is 276 Å². The van der Waals surface area contributed by atoms with E-state index in [0.29, 0.717) is 13.0 Å². The molecule has 0 fully saturated rings. The Morgan fingerprint density at radius 1 is 0.867 bits per heavy atom. The van der Waals surface area contributed by atoms with Gasteiger partial charge in [0.05, 0.1) is 38.2 Å². The van der Waals surface area contributed by atoms with Crippen LogP contribution in [0, 0.1) is 44.8 Å². The van der Waals surface area contributed by atoms with Crippen LogP contribution in [0.5, 0.6) is 0 Å². The fraction of sp³-hybridized carbons (Fsp3) is 0.861. The van der Waals surface area contributed by atoms with Crippen molar-refractivity contribution >= 4 is 25.9 Å². The third-order valence-corrected chi connectivity index (χ3v) is 14.1. The third-order valence-electron chi connectivity index (χ3n) is 10.2. The van der Waals surface area contributed by atoms with Crippen molar-refractivity contribution in [2.45, 2.75) is 157 Å². The predicted molar refractivity (Wildman–Crippen MR) is 184 cm³/mol. The number of rotatable bonds is 23. The van der Waals surface area contributed by atoms with Gasteiger partial charge in [-0.3, -0.25) is 14.4 Å². The lowest BCUT2D eigenvalue weighted by Gasteiger charge is -2.46. The van der Waals surface area contributed by atoms with Gasteiger partial charge < -0.3 is 14.7 Å². The smallest absolute Gasteiger partial charge is 0.309 e. The summed E-state index contributed by atoms with van der Waals surface area (Å²) >= 11 is 0. The number of esters is 1. The average molecular weight is 648 g/mol. The van der Waals surface area contributed by atoms with Crippen LogP contribution in [0.25, 0.3) is 0 Å². The maximum Gasteiger partial charge on any atom is 0.309 e. The van der Waals surface area contributed by atoms with Gasteiger partial charge in [-0.1, -0.05) is 93.3 Å². The monoisotopic (exact) mass is 647 g/mol. The first kappa shape index (κ1) is 42.6. The van der Waals surface area contributed by atoms with Crippen LogP contribution in [0.4, 0.5) is 0 Å². The van der Waals surface area contributed by atoms with E-state index in [4.69, 9.17) is 4.74 Å². The van der Waals surface area contributed by atoms with Crippen molar-refractivity contribution in [3.05, 3.63) is 0 Å². The van der Waals surface area contributed by atoms with Gasteiger partial charge in [0.1, 0.15) is 5.41 Å². The predicted octanol–water partition coefficient (Wildman–Crippen LogP) is 8.98. The van der Waals surface area contributed by atoms with Gasteiger partial charge >= 0.3 is 11.9 Å². The molecule has 45 heavy (non-hydrogen) atoms. The molecule has 1 amide bonds. The second-order valence-electron chi connectivity index (χ2n) is 15.4. The molecule has 9 heteroatoms. The molecule has 0 radical (unpaired) electrons. The van der Waals surface area contributed by atoms with Crippen molar-refractivity contribution in [3.8, 4) is 12.1 Å². The Balaban J connectivity index is 6.24. The molecule has 0 aliphatic heterocycles. The molecule has 8 nitrogen and oxygen atoms in total. The molecule has 0 saturated carbocycles. The van der Waals surface area contributed by atoms with Gasteiger partial charge in [0.15, 0.2) is 0 Å². The SMILES string of the molecule is CCCCOC(=O)C(CC(C#N)(C#N)CC)CC(C)(CC(C)(C)C(=O)N(C)CCC(CCCC)(CCCC)[Si](C)(C)C)C(=O)O. The number of hydrogen-bond acceptors (Lipinski definition) is 6. The highest BCUT2D eigenvalue weighted by Gasteiger charge is 2.48. The molecule has 258 valence electrons. The van der Waals surface area contributed by atoms with E-state index in [9.17, 15) is 30.0 Å². The maximum atomic E-state index is 14.0. The molecule has 0 aromatic rings. The number of carboxylic acids is 1. The number of carboxylic acid groups (broad SMARTS) is 1. The molecule has 0 rings (SSSR count). The first-order valence-electron chi connectivity index (χ1n) is 17.3. The summed E-state index contributed by atoms with van der Waals surface area (Å²) in [5.74, 6) is -2.81. The van der Waals surface area contributed by atoms with E-state index < -0.39 is 42.2 Å². The summed E-state index contributed by atoms with van der Waals surface area (Å²) in [5.41, 5.74) is -3.93. The Bertz CT molecular complexity index is 1020. The van der Waals surface area contributed by atoms with Gasteiger partial charge in [-0.2, -0.15) is 10.5 Å². The molecular formula is C36H65N3O5Si. The molecule has 0 aliphatic carbocycles. The van der Waals surface area contributed by atoms with E-state index >= 15 is 0 Å². The lowest BCUT2D eigenvalue weighted by atomic mass is 9.67. The van der Waals surface area contributed by atoms with Gasteiger partial charge in [-0.25, -0.2) is 0 Å². The number of hydrogen-bond donors (Lipinski definition) is 1. The van der Waals surface area contributed by atoms with E-state index in [1.807, 2.05) is 14.0 Å². The number of carbonyl (C=O) groups excluding carboxylic acids is 2. The molecule has 0 aromatic carbocycles. The lowest BCUT2D eigenvalue weighted by Crippen LogP contribution is -2.47. The number of nitriles is 2. The van der Waals surface area contributed by atoms with Gasteiger partial charge in [-0.15, -0.1) is 0 Å². The van der Waals surface area contributed by atoms with Crippen LogP contribution in [-0.4, -0.2) is 56.1 Å². The summed E-state index contributed by atoms with van der Waals surface area (Å²) < 4.78 is 5.49. The Morgan fingerprint density at radius 2 is 1.38 bits per heavy atom. The standard InChI is InChI=1S/C36H65N3O5Si/c1-12-16-19-36(20-17-13-2,45(9,10)11)21-22-39(8)31(41)33(5,6)26-34(7,32(42)43)24-29(30(40)44-23-18-14-3)25-35(15-4,27-37)28-38/h29H,12-26H2,1-11H3,(H,42,43). The van der Waals surface area contributed by atoms with Gasteiger partial charge in [-0.05, 0) is 63.3 Å². The largest absolute Gasteiger partial charge is 0.481 e. The van der Waals surface area contributed by atoms with Crippen LogP contribution in [0.15, 0.2) is 0 Å². The zero-order valence-corrected chi connectivity index (χ0v) is 31.6. The summed E-state index contributed by atoms with van der Waals surface area (Å²) in [6.45, 7) is 21.4. The number of ether oxygens (including phenoxy) is 1. The Morgan fingerprint density at radius 3 is 1.78 bits per heavy atom. The number of unbranched alkanes of at least 4 members (excludes halogenated alkanes) is 3.